The SMILES string of the molecule is CC1=CN=C(c2ccc(CC(=O)C(C)C)cc2)C2C3CCC(C3)C12. The molecule has 1 heterocycles. The largest absolute Gasteiger partial charge is 0.299 e. The Balaban J connectivity index is 1.58. The first kappa shape index (κ1) is 15.8. The summed E-state index contributed by atoms with van der Waals surface area (Å²) in [5.74, 6) is 3.46. The Morgan fingerprint density at radius 3 is 2.46 bits per heavy atom. The van der Waals surface area contributed by atoms with Gasteiger partial charge in [0.25, 0.3) is 0 Å². The molecule has 2 nitrogen and oxygen atoms in total. The molecule has 0 amide bonds. The van der Waals surface area contributed by atoms with Gasteiger partial charge in [-0.25, -0.2) is 0 Å². The van der Waals surface area contributed by atoms with Crippen LogP contribution in [0.1, 0.15) is 51.2 Å². The number of carbonyl (C=O) groups is 1. The van der Waals surface area contributed by atoms with Gasteiger partial charge in [-0.3, -0.25) is 9.79 Å². The van der Waals surface area contributed by atoms with Crippen LogP contribution in [0.4, 0.5) is 0 Å². The van der Waals surface area contributed by atoms with Crippen molar-refractivity contribution in [3.05, 3.63) is 47.2 Å². The third-order valence-electron chi connectivity index (χ3n) is 6.44. The second-order valence-corrected chi connectivity index (χ2v) is 8.27. The first-order valence-corrected chi connectivity index (χ1v) is 9.41. The molecule has 0 spiro atoms. The summed E-state index contributed by atoms with van der Waals surface area (Å²) in [6.07, 6.45) is 6.81. The second kappa shape index (κ2) is 5.98. The molecule has 1 aromatic rings. The van der Waals surface area contributed by atoms with Gasteiger partial charge in [0.1, 0.15) is 5.78 Å². The van der Waals surface area contributed by atoms with E-state index in [2.05, 4.69) is 37.4 Å². The van der Waals surface area contributed by atoms with Crippen LogP contribution in [0.2, 0.25) is 0 Å². The minimum absolute atomic E-state index is 0.107. The molecular formula is C22H27NO. The normalized spacial score (nSPS) is 31.0. The van der Waals surface area contributed by atoms with Gasteiger partial charge in [-0.15, -0.1) is 0 Å². The van der Waals surface area contributed by atoms with Gasteiger partial charge in [-0.2, -0.15) is 0 Å². The monoisotopic (exact) mass is 321 g/mol. The molecule has 0 radical (unpaired) electrons. The number of fused-ring (bicyclic) bond motifs is 5. The van der Waals surface area contributed by atoms with E-state index in [0.717, 1.165) is 23.3 Å². The first-order valence-electron chi connectivity index (χ1n) is 9.41. The van der Waals surface area contributed by atoms with Crippen LogP contribution in [0.3, 0.4) is 0 Å². The van der Waals surface area contributed by atoms with E-state index >= 15 is 0 Å². The van der Waals surface area contributed by atoms with Crippen molar-refractivity contribution in [2.75, 3.05) is 0 Å². The van der Waals surface area contributed by atoms with Crippen molar-refractivity contribution in [2.24, 2.45) is 34.6 Å². The lowest BCUT2D eigenvalue weighted by Crippen LogP contribution is -2.33. The highest BCUT2D eigenvalue weighted by atomic mass is 16.1. The molecule has 4 atom stereocenters. The minimum Gasteiger partial charge on any atom is -0.299 e. The van der Waals surface area contributed by atoms with Gasteiger partial charge in [0.2, 0.25) is 0 Å². The quantitative estimate of drug-likeness (QED) is 0.781. The zero-order valence-electron chi connectivity index (χ0n) is 15.0. The van der Waals surface area contributed by atoms with E-state index in [1.54, 1.807) is 0 Å². The molecule has 4 rings (SSSR count). The number of ketones is 1. The summed E-state index contributed by atoms with van der Waals surface area (Å²) in [5, 5.41) is 0. The van der Waals surface area contributed by atoms with Crippen molar-refractivity contribution in [1.29, 1.82) is 0 Å². The minimum atomic E-state index is 0.107. The fraction of sp³-hybridized carbons (Fsp3) is 0.545. The van der Waals surface area contributed by atoms with Gasteiger partial charge in [-0.05, 0) is 55.1 Å². The zero-order chi connectivity index (χ0) is 16.8. The molecule has 2 heteroatoms. The Morgan fingerprint density at radius 2 is 1.79 bits per heavy atom. The Hall–Kier alpha value is -1.70. The van der Waals surface area contributed by atoms with Crippen molar-refractivity contribution in [3.8, 4) is 0 Å². The number of aliphatic imine (C=N–C) groups is 1. The van der Waals surface area contributed by atoms with Gasteiger partial charge < -0.3 is 0 Å². The summed E-state index contributed by atoms with van der Waals surface area (Å²) in [6, 6.07) is 8.59. The van der Waals surface area contributed by atoms with E-state index in [0.29, 0.717) is 18.1 Å². The molecule has 4 unspecified atom stereocenters. The predicted molar refractivity (Wildman–Crippen MR) is 98.1 cm³/mol. The van der Waals surface area contributed by atoms with E-state index in [1.807, 2.05) is 13.8 Å². The van der Waals surface area contributed by atoms with Crippen LogP contribution < -0.4 is 0 Å². The Kier molecular flexibility index (Phi) is 3.94. The summed E-state index contributed by atoms with van der Waals surface area (Å²) in [7, 11) is 0. The van der Waals surface area contributed by atoms with Crippen LogP contribution in [0.15, 0.2) is 41.0 Å². The average molecular weight is 321 g/mol. The van der Waals surface area contributed by atoms with Gasteiger partial charge in [0, 0.05) is 24.5 Å². The number of hydrogen-bond acceptors (Lipinski definition) is 2. The molecule has 2 fully saturated rings. The maximum Gasteiger partial charge on any atom is 0.139 e. The summed E-state index contributed by atoms with van der Waals surface area (Å²) in [4.78, 5) is 16.8. The first-order chi connectivity index (χ1) is 11.5. The summed E-state index contributed by atoms with van der Waals surface area (Å²) >= 11 is 0. The Morgan fingerprint density at radius 1 is 1.12 bits per heavy atom. The molecule has 126 valence electrons. The molecule has 0 saturated heterocycles. The van der Waals surface area contributed by atoms with E-state index < -0.39 is 0 Å². The third kappa shape index (κ3) is 2.56. The van der Waals surface area contributed by atoms with Gasteiger partial charge in [0.05, 0.1) is 5.71 Å². The molecule has 3 aliphatic rings. The number of benzene rings is 1. The fourth-order valence-electron chi connectivity index (χ4n) is 5.15. The number of rotatable bonds is 4. The summed E-state index contributed by atoms with van der Waals surface area (Å²) < 4.78 is 0. The number of nitrogens with zero attached hydrogens (tertiary/aromatic N) is 1. The van der Waals surface area contributed by atoms with E-state index in [-0.39, 0.29) is 5.92 Å². The molecule has 2 saturated carbocycles. The zero-order valence-corrected chi connectivity index (χ0v) is 15.0. The highest BCUT2D eigenvalue weighted by molar-refractivity contribution is 6.04. The van der Waals surface area contributed by atoms with Crippen LogP contribution in [0, 0.1) is 29.6 Å². The summed E-state index contributed by atoms with van der Waals surface area (Å²) in [6.45, 7) is 6.20. The maximum atomic E-state index is 11.9. The lowest BCUT2D eigenvalue weighted by Gasteiger charge is -2.35. The maximum absolute atomic E-state index is 11.9. The number of hydrogen-bond donors (Lipinski definition) is 0. The smallest absolute Gasteiger partial charge is 0.139 e. The van der Waals surface area contributed by atoms with E-state index in [9.17, 15) is 4.79 Å². The van der Waals surface area contributed by atoms with Gasteiger partial charge in [0.15, 0.2) is 0 Å². The molecule has 1 aromatic carbocycles. The van der Waals surface area contributed by atoms with Crippen molar-refractivity contribution < 1.29 is 4.79 Å². The van der Waals surface area contributed by atoms with Gasteiger partial charge in [-0.1, -0.05) is 43.7 Å². The standard InChI is InChI=1S/C22H27NO/c1-13(2)19(24)10-15-4-6-16(7-5-15)22-21-18-9-8-17(11-18)20(21)14(3)12-23-22/h4-7,12-13,17-18,20-21H,8-11H2,1-3H3. The molecule has 2 bridgehead atoms. The fourth-order valence-corrected chi connectivity index (χ4v) is 5.15. The number of carbonyl (C=O) groups excluding carboxylic acids is 1. The van der Waals surface area contributed by atoms with Crippen LogP contribution in [0.5, 0.6) is 0 Å². The Bertz CT molecular complexity index is 710. The number of allylic oxidation sites excluding steroid dienone is 1. The van der Waals surface area contributed by atoms with E-state index in [4.69, 9.17) is 4.99 Å². The molecule has 1 aliphatic heterocycles. The van der Waals surface area contributed by atoms with Crippen molar-refractivity contribution in [1.82, 2.24) is 0 Å². The van der Waals surface area contributed by atoms with Crippen molar-refractivity contribution in [2.45, 2.75) is 46.5 Å². The molecular weight excluding hydrogens is 294 g/mol. The molecule has 0 aromatic heterocycles. The average Bonchev–Trinajstić information content (AvgIpc) is 3.18. The van der Waals surface area contributed by atoms with Crippen LogP contribution in [-0.4, -0.2) is 11.5 Å². The van der Waals surface area contributed by atoms with Crippen LogP contribution >= 0.6 is 0 Å². The van der Waals surface area contributed by atoms with Gasteiger partial charge >= 0.3 is 0 Å². The highest BCUT2D eigenvalue weighted by Gasteiger charge is 2.51. The van der Waals surface area contributed by atoms with E-state index in [1.165, 1.54) is 36.1 Å². The second-order valence-electron chi connectivity index (χ2n) is 8.27. The van der Waals surface area contributed by atoms with Crippen molar-refractivity contribution in [3.63, 3.8) is 0 Å². The highest BCUT2D eigenvalue weighted by Crippen LogP contribution is 2.56. The molecule has 0 N–H and O–H groups in total. The van der Waals surface area contributed by atoms with Crippen LogP contribution in [-0.2, 0) is 11.2 Å². The van der Waals surface area contributed by atoms with Crippen LogP contribution in [0.25, 0.3) is 0 Å². The summed E-state index contributed by atoms with van der Waals surface area (Å²) in [5.41, 5.74) is 5.14. The predicted octanol–water partition coefficient (Wildman–Crippen LogP) is 4.82. The number of Topliss-reactive ketones (excluding diaryl/α,β-unsaturated/α-hetero) is 1. The molecule has 24 heavy (non-hydrogen) atoms. The topological polar surface area (TPSA) is 29.4 Å². The molecule has 2 aliphatic carbocycles. The lowest BCUT2D eigenvalue weighted by atomic mass is 9.71. The Labute approximate surface area is 145 Å². The van der Waals surface area contributed by atoms with Crippen molar-refractivity contribution >= 4 is 11.5 Å². The third-order valence-corrected chi connectivity index (χ3v) is 6.44. The lowest BCUT2D eigenvalue weighted by molar-refractivity contribution is -0.121.